The summed E-state index contributed by atoms with van der Waals surface area (Å²) in [6, 6.07) is 6.12. The Kier molecular flexibility index (Phi) is 4.33. The normalized spacial score (nSPS) is 16.7. The molecule has 0 bridgehead atoms. The lowest BCUT2D eigenvalue weighted by molar-refractivity contribution is 0.0957. The summed E-state index contributed by atoms with van der Waals surface area (Å²) in [5.41, 5.74) is 1.87. The van der Waals surface area contributed by atoms with Crippen LogP contribution in [-0.4, -0.2) is 26.1 Å². The lowest BCUT2D eigenvalue weighted by atomic mass is 9.78. The molecule has 0 aliphatic carbocycles. The van der Waals surface area contributed by atoms with Crippen molar-refractivity contribution in [2.24, 2.45) is 5.41 Å². The molecule has 1 amide bonds. The Balaban J connectivity index is 2.41. The maximum Gasteiger partial charge on any atom is 0.255 e. The molecule has 1 atom stereocenters. The first-order valence-corrected chi connectivity index (χ1v) is 7.22. The van der Waals surface area contributed by atoms with E-state index in [2.05, 4.69) is 37.5 Å². The summed E-state index contributed by atoms with van der Waals surface area (Å²) in [6.45, 7) is 7.73. The molecule has 1 aliphatic heterocycles. The zero-order chi connectivity index (χ0) is 14.8. The van der Waals surface area contributed by atoms with Crippen LogP contribution in [0.2, 0.25) is 0 Å². The molecule has 110 valence electrons. The number of nitrogens with one attached hydrogen (secondary N) is 2. The molecule has 1 aliphatic rings. The molecule has 1 aromatic carbocycles. The number of amides is 1. The second-order valence-electron chi connectivity index (χ2n) is 5.92. The van der Waals surface area contributed by atoms with E-state index >= 15 is 0 Å². The van der Waals surface area contributed by atoms with Gasteiger partial charge in [0.05, 0.1) is 12.1 Å². The third-order valence-electron chi connectivity index (χ3n) is 4.21. The van der Waals surface area contributed by atoms with Crippen molar-refractivity contribution >= 4 is 5.91 Å². The van der Waals surface area contributed by atoms with Crippen LogP contribution in [0.25, 0.3) is 0 Å². The van der Waals surface area contributed by atoms with Gasteiger partial charge in [0.2, 0.25) is 0 Å². The summed E-state index contributed by atoms with van der Waals surface area (Å²) in [4.78, 5) is 12.1. The van der Waals surface area contributed by atoms with Gasteiger partial charge < -0.3 is 15.4 Å². The van der Waals surface area contributed by atoms with Crippen molar-refractivity contribution in [3.8, 4) is 5.75 Å². The van der Waals surface area contributed by atoms with Gasteiger partial charge in [-0.15, -0.1) is 0 Å². The van der Waals surface area contributed by atoms with Crippen LogP contribution in [0.1, 0.15) is 49.2 Å². The van der Waals surface area contributed by atoms with Gasteiger partial charge in [0.1, 0.15) is 12.4 Å². The Morgan fingerprint density at radius 1 is 1.45 bits per heavy atom. The number of ether oxygens (including phenoxy) is 1. The van der Waals surface area contributed by atoms with Crippen molar-refractivity contribution in [1.82, 2.24) is 10.6 Å². The van der Waals surface area contributed by atoms with Crippen LogP contribution in [0, 0.1) is 5.41 Å². The molecular weight excluding hydrogens is 252 g/mol. The number of hydrogen-bond donors (Lipinski definition) is 2. The smallest absolute Gasteiger partial charge is 0.255 e. The van der Waals surface area contributed by atoms with Crippen LogP contribution in [0.4, 0.5) is 0 Å². The molecule has 0 fully saturated rings. The molecule has 0 saturated carbocycles. The van der Waals surface area contributed by atoms with E-state index in [4.69, 9.17) is 4.74 Å². The third kappa shape index (κ3) is 2.80. The van der Waals surface area contributed by atoms with Crippen LogP contribution in [-0.2, 0) is 0 Å². The van der Waals surface area contributed by atoms with Gasteiger partial charge in [-0.05, 0) is 36.6 Å². The Labute approximate surface area is 120 Å². The van der Waals surface area contributed by atoms with E-state index in [0.29, 0.717) is 24.5 Å². The Morgan fingerprint density at radius 3 is 2.85 bits per heavy atom. The molecule has 0 spiro atoms. The molecule has 2 rings (SSSR count). The molecule has 1 heterocycles. The van der Waals surface area contributed by atoms with Gasteiger partial charge in [-0.25, -0.2) is 0 Å². The number of fused-ring (bicyclic) bond motifs is 1. The Bertz CT molecular complexity index is 497. The number of carbonyl (C=O) groups excluding carboxylic acids is 1. The molecule has 4 nitrogen and oxygen atoms in total. The van der Waals surface area contributed by atoms with Gasteiger partial charge in [-0.3, -0.25) is 4.79 Å². The van der Waals surface area contributed by atoms with Crippen LogP contribution in [0.3, 0.4) is 0 Å². The Morgan fingerprint density at radius 2 is 2.20 bits per heavy atom. The largest absolute Gasteiger partial charge is 0.491 e. The highest BCUT2D eigenvalue weighted by Gasteiger charge is 2.29. The van der Waals surface area contributed by atoms with Crippen molar-refractivity contribution in [2.75, 3.05) is 20.2 Å². The van der Waals surface area contributed by atoms with Gasteiger partial charge in [0.25, 0.3) is 5.91 Å². The highest BCUT2D eigenvalue weighted by Crippen LogP contribution is 2.37. The van der Waals surface area contributed by atoms with Crippen molar-refractivity contribution in [2.45, 2.75) is 33.2 Å². The first kappa shape index (κ1) is 14.9. The van der Waals surface area contributed by atoms with Crippen molar-refractivity contribution in [1.29, 1.82) is 0 Å². The van der Waals surface area contributed by atoms with E-state index in [1.165, 1.54) is 0 Å². The predicted octanol–water partition coefficient (Wildman–Crippen LogP) is 2.51. The van der Waals surface area contributed by atoms with Crippen LogP contribution >= 0.6 is 0 Å². The number of carbonyl (C=O) groups is 1. The molecule has 1 aromatic rings. The zero-order valence-corrected chi connectivity index (χ0v) is 12.7. The average Bonchev–Trinajstić information content (AvgIpc) is 2.62. The monoisotopic (exact) mass is 276 g/mol. The van der Waals surface area contributed by atoms with Crippen molar-refractivity contribution in [3.63, 3.8) is 0 Å². The minimum Gasteiger partial charge on any atom is -0.491 e. The topological polar surface area (TPSA) is 50.4 Å². The first-order valence-electron chi connectivity index (χ1n) is 7.22. The summed E-state index contributed by atoms with van der Waals surface area (Å²) in [5.74, 6) is 0.622. The highest BCUT2D eigenvalue weighted by atomic mass is 16.5. The van der Waals surface area contributed by atoms with Gasteiger partial charge in [0.15, 0.2) is 0 Å². The standard InChI is InChI=1S/C16H24N2O2/c1-5-16(2,3)14(17-4)11-6-7-13-12(10-11)15(19)18-8-9-20-13/h6-7,10,14,17H,5,8-9H2,1-4H3,(H,18,19). The fourth-order valence-corrected chi connectivity index (χ4v) is 2.66. The molecule has 0 saturated heterocycles. The van der Waals surface area contributed by atoms with Crippen LogP contribution in [0.15, 0.2) is 18.2 Å². The molecule has 0 aromatic heterocycles. The van der Waals surface area contributed by atoms with Gasteiger partial charge in [-0.2, -0.15) is 0 Å². The van der Waals surface area contributed by atoms with Crippen molar-refractivity contribution < 1.29 is 9.53 Å². The quantitative estimate of drug-likeness (QED) is 0.888. The lowest BCUT2D eigenvalue weighted by Gasteiger charge is -2.34. The number of benzene rings is 1. The van der Waals surface area contributed by atoms with Gasteiger partial charge >= 0.3 is 0 Å². The van der Waals surface area contributed by atoms with E-state index in [1.807, 2.05) is 19.2 Å². The predicted molar refractivity (Wildman–Crippen MR) is 80.1 cm³/mol. The van der Waals surface area contributed by atoms with Gasteiger partial charge in [-0.1, -0.05) is 26.8 Å². The number of hydrogen-bond acceptors (Lipinski definition) is 3. The fourth-order valence-electron chi connectivity index (χ4n) is 2.66. The van der Waals surface area contributed by atoms with E-state index in [9.17, 15) is 4.79 Å². The first-order chi connectivity index (χ1) is 9.49. The summed E-state index contributed by atoms with van der Waals surface area (Å²) in [5, 5.41) is 6.23. The summed E-state index contributed by atoms with van der Waals surface area (Å²) in [6.07, 6.45) is 1.05. The molecule has 20 heavy (non-hydrogen) atoms. The molecular formula is C16H24N2O2. The molecule has 2 N–H and O–H groups in total. The summed E-state index contributed by atoms with van der Waals surface area (Å²) < 4.78 is 5.60. The van der Waals surface area contributed by atoms with Crippen molar-refractivity contribution in [3.05, 3.63) is 29.3 Å². The second-order valence-corrected chi connectivity index (χ2v) is 5.92. The zero-order valence-electron chi connectivity index (χ0n) is 12.7. The minimum atomic E-state index is -0.0523. The van der Waals surface area contributed by atoms with E-state index in [1.54, 1.807) is 0 Å². The summed E-state index contributed by atoms with van der Waals surface area (Å²) >= 11 is 0. The lowest BCUT2D eigenvalue weighted by Crippen LogP contribution is -2.32. The fraction of sp³-hybridized carbons (Fsp3) is 0.562. The van der Waals surface area contributed by atoms with E-state index in [0.717, 1.165) is 12.0 Å². The average molecular weight is 276 g/mol. The minimum absolute atomic E-state index is 0.0523. The number of rotatable bonds is 4. The molecule has 1 unspecified atom stereocenters. The maximum atomic E-state index is 12.1. The highest BCUT2D eigenvalue weighted by molar-refractivity contribution is 5.97. The van der Waals surface area contributed by atoms with Crippen LogP contribution < -0.4 is 15.4 Å². The van der Waals surface area contributed by atoms with E-state index < -0.39 is 0 Å². The Hall–Kier alpha value is -1.55. The van der Waals surface area contributed by atoms with Crippen LogP contribution in [0.5, 0.6) is 5.75 Å². The van der Waals surface area contributed by atoms with E-state index in [-0.39, 0.29) is 17.4 Å². The van der Waals surface area contributed by atoms with Gasteiger partial charge in [0, 0.05) is 6.04 Å². The summed E-state index contributed by atoms with van der Waals surface area (Å²) in [7, 11) is 1.96. The maximum absolute atomic E-state index is 12.1. The SMILES string of the molecule is CCC(C)(C)C(NC)c1ccc2c(c1)C(=O)NCCO2. The molecule has 0 radical (unpaired) electrons. The molecule has 4 heteroatoms. The second kappa shape index (κ2) is 5.83. The third-order valence-corrected chi connectivity index (χ3v) is 4.21.